The summed E-state index contributed by atoms with van der Waals surface area (Å²) in [6.45, 7) is 7.89. The first kappa shape index (κ1) is 13.3. The minimum Gasteiger partial charge on any atom is -0.396 e. The van der Waals surface area contributed by atoms with Crippen LogP contribution in [0.4, 0.5) is 0 Å². The molecule has 2 unspecified atom stereocenters. The van der Waals surface area contributed by atoms with Gasteiger partial charge in [-0.25, -0.2) is 0 Å². The molecule has 0 aliphatic carbocycles. The van der Waals surface area contributed by atoms with Gasteiger partial charge in [-0.05, 0) is 31.6 Å². The molecule has 0 aromatic heterocycles. The number of thioether (sulfide) groups is 1. The van der Waals surface area contributed by atoms with Crippen molar-refractivity contribution in [3.05, 3.63) is 0 Å². The van der Waals surface area contributed by atoms with Gasteiger partial charge in [-0.3, -0.25) is 0 Å². The largest absolute Gasteiger partial charge is 0.396 e. The summed E-state index contributed by atoms with van der Waals surface area (Å²) in [4.78, 5) is 0. The van der Waals surface area contributed by atoms with Crippen LogP contribution in [0.3, 0.4) is 0 Å². The number of aliphatic hydroxyl groups excluding tert-OH is 1. The first-order valence-electron chi connectivity index (χ1n) is 5.12. The molecule has 0 spiro atoms. The summed E-state index contributed by atoms with van der Waals surface area (Å²) in [6.07, 6.45) is 1.20. The van der Waals surface area contributed by atoms with Gasteiger partial charge in [0.05, 0.1) is 0 Å². The molecular formula is C10H23NOS. The lowest BCUT2D eigenvalue weighted by atomic mass is 10.2. The highest BCUT2D eigenvalue weighted by Gasteiger charge is 2.03. The molecule has 0 rings (SSSR count). The molecule has 0 heterocycles. The van der Waals surface area contributed by atoms with Gasteiger partial charge in [0.15, 0.2) is 0 Å². The summed E-state index contributed by atoms with van der Waals surface area (Å²) in [5.41, 5.74) is 0. The molecule has 0 fully saturated rings. The lowest BCUT2D eigenvalue weighted by Gasteiger charge is -2.13. The van der Waals surface area contributed by atoms with Crippen molar-refractivity contribution in [2.75, 3.05) is 24.7 Å². The molecule has 0 aromatic rings. The van der Waals surface area contributed by atoms with Crippen molar-refractivity contribution in [1.29, 1.82) is 0 Å². The van der Waals surface area contributed by atoms with Crippen LogP contribution in [0.2, 0.25) is 0 Å². The minimum absolute atomic E-state index is 0.309. The Morgan fingerprint density at radius 3 is 2.54 bits per heavy atom. The maximum absolute atomic E-state index is 8.81. The van der Waals surface area contributed by atoms with Gasteiger partial charge in [-0.1, -0.05) is 13.8 Å². The van der Waals surface area contributed by atoms with E-state index in [0.717, 1.165) is 18.1 Å². The van der Waals surface area contributed by atoms with Crippen molar-refractivity contribution in [3.8, 4) is 0 Å². The molecule has 13 heavy (non-hydrogen) atoms. The average Bonchev–Trinajstić information content (AvgIpc) is 2.14. The van der Waals surface area contributed by atoms with Crippen LogP contribution < -0.4 is 5.32 Å². The van der Waals surface area contributed by atoms with Crippen molar-refractivity contribution in [2.24, 2.45) is 5.92 Å². The van der Waals surface area contributed by atoms with E-state index in [9.17, 15) is 0 Å². The molecule has 80 valence electrons. The molecule has 0 bridgehead atoms. The average molecular weight is 205 g/mol. The lowest BCUT2D eigenvalue weighted by molar-refractivity contribution is 0.250. The summed E-state index contributed by atoms with van der Waals surface area (Å²) in [5.74, 6) is 2.64. The van der Waals surface area contributed by atoms with Gasteiger partial charge in [0.1, 0.15) is 0 Å². The van der Waals surface area contributed by atoms with Gasteiger partial charge in [-0.2, -0.15) is 11.8 Å². The van der Waals surface area contributed by atoms with Crippen LogP contribution in [0.5, 0.6) is 0 Å². The van der Waals surface area contributed by atoms with E-state index in [2.05, 4.69) is 26.1 Å². The maximum atomic E-state index is 8.81. The van der Waals surface area contributed by atoms with E-state index in [0.29, 0.717) is 18.6 Å². The number of hydrogen-bond acceptors (Lipinski definition) is 3. The molecule has 0 saturated heterocycles. The Balaban J connectivity index is 3.21. The van der Waals surface area contributed by atoms with Crippen molar-refractivity contribution in [3.63, 3.8) is 0 Å². The van der Waals surface area contributed by atoms with Crippen LogP contribution in [-0.4, -0.2) is 35.8 Å². The Bertz CT molecular complexity index is 111. The molecule has 0 aliphatic rings. The lowest BCUT2D eigenvalue weighted by Crippen LogP contribution is -2.29. The van der Waals surface area contributed by atoms with E-state index < -0.39 is 0 Å². The molecule has 2 N–H and O–H groups in total. The van der Waals surface area contributed by atoms with Gasteiger partial charge < -0.3 is 10.4 Å². The highest BCUT2D eigenvalue weighted by Crippen LogP contribution is 2.08. The highest BCUT2D eigenvalue weighted by molar-refractivity contribution is 7.99. The van der Waals surface area contributed by atoms with E-state index in [1.807, 2.05) is 11.8 Å². The van der Waals surface area contributed by atoms with E-state index in [1.54, 1.807) is 0 Å². The smallest absolute Gasteiger partial charge is 0.0464 e. The molecule has 0 aliphatic heterocycles. The summed E-state index contributed by atoms with van der Waals surface area (Å²) >= 11 is 1.92. The summed E-state index contributed by atoms with van der Waals surface area (Å²) < 4.78 is 0. The van der Waals surface area contributed by atoms with Crippen molar-refractivity contribution < 1.29 is 5.11 Å². The second-order valence-electron chi connectivity index (χ2n) is 3.68. The van der Waals surface area contributed by atoms with E-state index in [1.165, 1.54) is 6.42 Å². The standard InChI is InChI=1S/C10H23NOS/c1-4-5-11-10(3)8-13-7-9(2)6-12/h9-12H,4-8H2,1-3H3. The zero-order valence-electron chi connectivity index (χ0n) is 9.05. The van der Waals surface area contributed by atoms with Gasteiger partial charge in [-0.15, -0.1) is 0 Å². The Labute approximate surface area is 86.5 Å². The fourth-order valence-corrected chi connectivity index (χ4v) is 2.06. The summed E-state index contributed by atoms with van der Waals surface area (Å²) in [7, 11) is 0. The Hall–Kier alpha value is 0.270. The molecule has 2 nitrogen and oxygen atoms in total. The van der Waals surface area contributed by atoms with E-state index in [4.69, 9.17) is 5.11 Å². The third-order valence-electron chi connectivity index (χ3n) is 1.82. The van der Waals surface area contributed by atoms with Gasteiger partial charge in [0, 0.05) is 18.4 Å². The van der Waals surface area contributed by atoms with Crippen LogP contribution in [-0.2, 0) is 0 Å². The topological polar surface area (TPSA) is 32.3 Å². The van der Waals surface area contributed by atoms with Crippen molar-refractivity contribution >= 4 is 11.8 Å². The Morgan fingerprint density at radius 2 is 2.00 bits per heavy atom. The summed E-state index contributed by atoms with van der Waals surface area (Å²) in [6, 6.07) is 0.593. The van der Waals surface area contributed by atoms with Crippen LogP contribution in [0, 0.1) is 5.92 Å². The Morgan fingerprint density at radius 1 is 1.31 bits per heavy atom. The zero-order valence-corrected chi connectivity index (χ0v) is 9.86. The second-order valence-corrected chi connectivity index (χ2v) is 4.76. The number of hydrogen-bond donors (Lipinski definition) is 2. The third-order valence-corrected chi connectivity index (χ3v) is 3.37. The van der Waals surface area contributed by atoms with Gasteiger partial charge >= 0.3 is 0 Å². The van der Waals surface area contributed by atoms with Crippen LogP contribution in [0.15, 0.2) is 0 Å². The van der Waals surface area contributed by atoms with Crippen LogP contribution in [0.25, 0.3) is 0 Å². The van der Waals surface area contributed by atoms with Gasteiger partial charge in [0.2, 0.25) is 0 Å². The molecule has 0 saturated carbocycles. The normalized spacial score (nSPS) is 15.7. The predicted octanol–water partition coefficient (Wildman–Crippen LogP) is 1.74. The van der Waals surface area contributed by atoms with Crippen LogP contribution >= 0.6 is 11.8 Å². The first-order chi connectivity index (χ1) is 6.20. The first-order valence-corrected chi connectivity index (χ1v) is 6.28. The Kier molecular flexibility index (Phi) is 9.03. The number of nitrogens with one attached hydrogen (secondary N) is 1. The minimum atomic E-state index is 0.309. The second kappa shape index (κ2) is 8.85. The highest BCUT2D eigenvalue weighted by atomic mass is 32.2. The zero-order chi connectivity index (χ0) is 10.1. The van der Waals surface area contributed by atoms with Crippen molar-refractivity contribution in [2.45, 2.75) is 33.2 Å². The molecular weight excluding hydrogens is 182 g/mol. The quantitative estimate of drug-likeness (QED) is 0.633. The maximum Gasteiger partial charge on any atom is 0.0464 e. The molecule has 0 radical (unpaired) electrons. The molecule has 2 atom stereocenters. The monoisotopic (exact) mass is 205 g/mol. The van der Waals surface area contributed by atoms with E-state index >= 15 is 0 Å². The number of aliphatic hydroxyl groups is 1. The molecule has 0 amide bonds. The van der Waals surface area contributed by atoms with Gasteiger partial charge in [0.25, 0.3) is 0 Å². The van der Waals surface area contributed by atoms with E-state index in [-0.39, 0.29) is 0 Å². The van der Waals surface area contributed by atoms with Crippen LogP contribution in [0.1, 0.15) is 27.2 Å². The number of rotatable bonds is 8. The predicted molar refractivity (Wildman–Crippen MR) is 61.3 cm³/mol. The molecule has 0 aromatic carbocycles. The third kappa shape index (κ3) is 8.60. The molecule has 3 heteroatoms. The fourth-order valence-electron chi connectivity index (χ4n) is 0.948. The SMILES string of the molecule is CCCNC(C)CSCC(C)CO. The summed E-state index contributed by atoms with van der Waals surface area (Å²) in [5, 5.41) is 12.3. The fraction of sp³-hybridized carbons (Fsp3) is 1.00. The van der Waals surface area contributed by atoms with Crippen molar-refractivity contribution in [1.82, 2.24) is 5.32 Å².